The van der Waals surface area contributed by atoms with Gasteiger partial charge in [-0.25, -0.2) is 0 Å². The molecule has 0 saturated heterocycles. The van der Waals surface area contributed by atoms with Crippen molar-refractivity contribution in [2.75, 3.05) is 0 Å². The summed E-state index contributed by atoms with van der Waals surface area (Å²) in [6, 6.07) is 48.5. The minimum atomic E-state index is -0.0764. The van der Waals surface area contributed by atoms with Gasteiger partial charge in [-0.1, -0.05) is 151 Å². The van der Waals surface area contributed by atoms with Crippen molar-refractivity contribution < 1.29 is 10.2 Å². The van der Waals surface area contributed by atoms with E-state index in [2.05, 4.69) is 121 Å². The molecule has 2 N–H and O–H groups in total. The van der Waals surface area contributed by atoms with E-state index in [4.69, 9.17) is 10.2 Å². The predicted molar refractivity (Wildman–Crippen MR) is 151 cm³/mol. The third-order valence-electron chi connectivity index (χ3n) is 4.55. The quantitative estimate of drug-likeness (QED) is 0.254. The summed E-state index contributed by atoms with van der Waals surface area (Å²) in [4.78, 5) is 0. The molecule has 5 rings (SSSR count). The summed E-state index contributed by atoms with van der Waals surface area (Å²) < 4.78 is 0. The zero-order valence-electron chi connectivity index (χ0n) is 18.8. The van der Waals surface area contributed by atoms with Gasteiger partial charge in [-0.15, -0.1) is 0 Å². The first kappa shape index (κ1) is 25.2. The topological polar surface area (TPSA) is 40.5 Å². The van der Waals surface area contributed by atoms with Gasteiger partial charge in [0.25, 0.3) is 0 Å². The van der Waals surface area contributed by atoms with Crippen molar-refractivity contribution >= 4 is 38.4 Å². The van der Waals surface area contributed by atoms with Gasteiger partial charge in [0.15, 0.2) is 11.5 Å². The summed E-state index contributed by atoms with van der Waals surface area (Å²) in [5.41, 5.74) is 0. The van der Waals surface area contributed by atoms with Gasteiger partial charge >= 0.3 is 0 Å². The molecule has 4 heteroatoms. The molecule has 0 atom stereocenters. The number of phenolic OH excluding ortho intramolecular Hbond substituents is 2. The second kappa shape index (κ2) is 14.7. The Bertz CT molecular complexity index is 1030. The van der Waals surface area contributed by atoms with Crippen molar-refractivity contribution in [2.24, 2.45) is 0 Å². The second-order valence-corrected chi connectivity index (χ2v) is 10.0. The van der Waals surface area contributed by atoms with E-state index in [0.717, 1.165) is 17.2 Å². The zero-order valence-corrected chi connectivity index (χ0v) is 20.8. The van der Waals surface area contributed by atoms with Crippen LogP contribution in [-0.2, 0) is 0 Å². The minimum Gasteiger partial charge on any atom is -0.504 e. The Morgan fingerprint density at radius 2 is 0.500 bits per heavy atom. The molecule has 0 unspecified atom stereocenters. The van der Waals surface area contributed by atoms with Gasteiger partial charge in [-0.05, 0) is 33.4 Å². The number of para-hydroxylation sites is 2. The lowest BCUT2D eigenvalue weighted by atomic mass is 10.3. The lowest BCUT2D eigenvalue weighted by Gasteiger charge is -2.00. The summed E-state index contributed by atoms with van der Waals surface area (Å²) in [6.45, 7) is 0. The second-order valence-electron chi connectivity index (χ2n) is 7.20. The molecule has 2 nitrogen and oxygen atoms in total. The lowest BCUT2D eigenvalue weighted by Crippen LogP contribution is -2.01. The third-order valence-corrected chi connectivity index (χ3v) is 7.04. The summed E-state index contributed by atoms with van der Waals surface area (Å²) in [6.07, 6.45) is 0. The average molecular weight is 483 g/mol. The van der Waals surface area contributed by atoms with E-state index in [0.29, 0.717) is 0 Å². The fraction of sp³-hybridized carbons (Fsp3) is 0. The van der Waals surface area contributed by atoms with Gasteiger partial charge in [-0.2, -0.15) is 0 Å². The summed E-state index contributed by atoms with van der Waals surface area (Å²) in [7, 11) is 1.55. The van der Waals surface area contributed by atoms with Crippen LogP contribution in [0.1, 0.15) is 0 Å². The molecule has 0 aromatic heterocycles. The lowest BCUT2D eigenvalue weighted by molar-refractivity contribution is 0.404. The van der Waals surface area contributed by atoms with Gasteiger partial charge in [0.2, 0.25) is 0 Å². The number of hydrogen-bond acceptors (Lipinski definition) is 2. The highest BCUT2D eigenvalue weighted by Crippen LogP contribution is 2.21. The SMILES string of the molecule is Oc1ccccc1O.c1ccc(Pc2ccccc2)cc1.c1ccc(Pc2ccccc2)cc1. The first-order chi connectivity index (χ1) is 16.7. The van der Waals surface area contributed by atoms with Crippen LogP contribution in [0.4, 0.5) is 0 Å². The molecule has 170 valence electrons. The molecule has 0 aliphatic rings. The Balaban J connectivity index is 0.000000148. The van der Waals surface area contributed by atoms with Crippen molar-refractivity contribution in [3.63, 3.8) is 0 Å². The Hall–Kier alpha value is -3.44. The highest BCUT2D eigenvalue weighted by molar-refractivity contribution is 7.55. The van der Waals surface area contributed by atoms with E-state index >= 15 is 0 Å². The summed E-state index contributed by atoms with van der Waals surface area (Å²) in [5.74, 6) is -0.153. The largest absolute Gasteiger partial charge is 0.504 e. The van der Waals surface area contributed by atoms with Crippen LogP contribution < -0.4 is 21.2 Å². The fourth-order valence-corrected chi connectivity index (χ4v) is 4.99. The van der Waals surface area contributed by atoms with E-state index in [9.17, 15) is 0 Å². The molecular formula is C30H28O2P2. The van der Waals surface area contributed by atoms with Gasteiger partial charge < -0.3 is 10.2 Å². The van der Waals surface area contributed by atoms with Crippen LogP contribution in [0.15, 0.2) is 146 Å². The molecule has 0 radical (unpaired) electrons. The van der Waals surface area contributed by atoms with Crippen molar-refractivity contribution in [3.05, 3.63) is 146 Å². The van der Waals surface area contributed by atoms with E-state index < -0.39 is 0 Å². The smallest absolute Gasteiger partial charge is 0.157 e. The number of aromatic hydroxyl groups is 2. The van der Waals surface area contributed by atoms with E-state index in [1.54, 1.807) is 12.1 Å². The van der Waals surface area contributed by atoms with Crippen molar-refractivity contribution in [3.8, 4) is 11.5 Å². The van der Waals surface area contributed by atoms with Crippen LogP contribution in [0, 0.1) is 0 Å². The Morgan fingerprint density at radius 1 is 0.294 bits per heavy atom. The molecule has 0 bridgehead atoms. The Labute approximate surface area is 205 Å². The van der Waals surface area contributed by atoms with Gasteiger partial charge in [-0.3, -0.25) is 0 Å². The summed E-state index contributed by atoms with van der Waals surface area (Å²) >= 11 is 0. The van der Waals surface area contributed by atoms with Crippen LogP contribution in [0.2, 0.25) is 0 Å². The Morgan fingerprint density at radius 3 is 0.706 bits per heavy atom. The highest BCUT2D eigenvalue weighted by atomic mass is 31.1. The number of hydrogen-bond donors (Lipinski definition) is 2. The Kier molecular flexibility index (Phi) is 10.9. The molecule has 0 fully saturated rings. The zero-order chi connectivity index (χ0) is 23.8. The molecule has 5 aromatic rings. The van der Waals surface area contributed by atoms with Crippen LogP contribution in [0.25, 0.3) is 0 Å². The predicted octanol–water partition coefficient (Wildman–Crippen LogP) is 5.73. The molecule has 0 spiro atoms. The third kappa shape index (κ3) is 9.59. The molecule has 0 heterocycles. The maximum atomic E-state index is 8.67. The molecular weight excluding hydrogens is 454 g/mol. The molecule has 0 aliphatic heterocycles. The molecule has 0 saturated carbocycles. The molecule has 0 amide bonds. The van der Waals surface area contributed by atoms with Gasteiger partial charge in [0.05, 0.1) is 0 Å². The average Bonchev–Trinajstić information content (AvgIpc) is 2.89. The summed E-state index contributed by atoms with van der Waals surface area (Å²) in [5, 5.41) is 22.9. The van der Waals surface area contributed by atoms with E-state index in [-0.39, 0.29) is 11.5 Å². The van der Waals surface area contributed by atoms with Crippen LogP contribution >= 0.6 is 17.2 Å². The standard InChI is InChI=1S/2C12H11P.C6H6O2/c2*1-3-7-11(8-4-1)13-12-9-5-2-6-10-12;7-5-3-1-2-4-6(5)8/h2*1-10,13H;1-4,7-8H. The molecule has 34 heavy (non-hydrogen) atoms. The number of rotatable bonds is 4. The van der Waals surface area contributed by atoms with Crippen LogP contribution in [0.3, 0.4) is 0 Å². The van der Waals surface area contributed by atoms with E-state index in [1.807, 2.05) is 0 Å². The van der Waals surface area contributed by atoms with E-state index in [1.165, 1.54) is 33.4 Å². The maximum absolute atomic E-state index is 8.67. The molecule has 0 aliphatic carbocycles. The van der Waals surface area contributed by atoms with Crippen LogP contribution in [0.5, 0.6) is 11.5 Å². The number of benzene rings is 5. The first-order valence-corrected chi connectivity index (χ1v) is 12.9. The normalized spacial score (nSPS) is 9.65. The monoisotopic (exact) mass is 482 g/mol. The minimum absolute atomic E-state index is 0.0764. The number of phenols is 2. The molecule has 5 aromatic carbocycles. The van der Waals surface area contributed by atoms with Crippen molar-refractivity contribution in [1.82, 2.24) is 0 Å². The van der Waals surface area contributed by atoms with Crippen molar-refractivity contribution in [2.45, 2.75) is 0 Å². The maximum Gasteiger partial charge on any atom is 0.157 e. The first-order valence-electron chi connectivity index (χ1n) is 10.9. The van der Waals surface area contributed by atoms with Crippen molar-refractivity contribution in [1.29, 1.82) is 0 Å². The van der Waals surface area contributed by atoms with Crippen LogP contribution in [-0.4, -0.2) is 10.2 Å². The van der Waals surface area contributed by atoms with Gasteiger partial charge in [0, 0.05) is 0 Å². The highest BCUT2D eigenvalue weighted by Gasteiger charge is 1.93. The fourth-order valence-electron chi connectivity index (χ4n) is 2.88. The van der Waals surface area contributed by atoms with Gasteiger partial charge in [0.1, 0.15) is 0 Å².